The third kappa shape index (κ3) is 7.93. The first-order valence-corrected chi connectivity index (χ1v) is 12.8. The minimum absolute atomic E-state index is 0.0628. The normalized spacial score (nSPS) is 14.8. The molecule has 0 unspecified atom stereocenters. The summed E-state index contributed by atoms with van der Waals surface area (Å²) in [6, 6.07) is 11.3. The van der Waals surface area contributed by atoms with Crippen molar-refractivity contribution in [3.8, 4) is 5.75 Å². The van der Waals surface area contributed by atoms with Crippen molar-refractivity contribution in [3.63, 3.8) is 0 Å². The fourth-order valence-electron chi connectivity index (χ4n) is 4.90. The van der Waals surface area contributed by atoms with Crippen LogP contribution in [-0.2, 0) is 36.7 Å². The minimum atomic E-state index is -4.95. The monoisotopic (exact) mass is 566 g/mol. The highest BCUT2D eigenvalue weighted by atomic mass is 19.4. The lowest BCUT2D eigenvalue weighted by Gasteiger charge is -2.24. The average Bonchev–Trinajstić information content (AvgIpc) is 2.88. The largest absolute Gasteiger partial charge is 0.573 e. The summed E-state index contributed by atoms with van der Waals surface area (Å²) in [7, 11) is 0. The van der Waals surface area contributed by atoms with E-state index in [1.165, 1.54) is 12.1 Å². The number of nitrogens with zero attached hydrogens (tertiary/aromatic N) is 2. The highest BCUT2D eigenvalue weighted by Crippen LogP contribution is 2.35. The van der Waals surface area contributed by atoms with Crippen LogP contribution in [0.3, 0.4) is 0 Å². The Morgan fingerprint density at radius 3 is 2.33 bits per heavy atom. The Labute approximate surface area is 227 Å². The van der Waals surface area contributed by atoms with Gasteiger partial charge in [-0.1, -0.05) is 36.4 Å². The standard InChI is InChI=1S/C28H28F6N4O2/c29-27(30,31)22-16-37-26(38-23(22)8-7-17-3-1-2-4-19(17)14-25(35)39)15-21-6-5-20(18-9-11-36-12-10-18)13-24(21)40-28(32,33)34/h1-6,13,16,18,36H,7-12,14-15H2,(H2,35,39). The number of carbonyl (C=O) groups is 1. The molecule has 2 heterocycles. The van der Waals surface area contributed by atoms with Gasteiger partial charge in [0, 0.05) is 18.2 Å². The number of hydrogen-bond donors (Lipinski definition) is 2. The van der Waals surface area contributed by atoms with Crippen LogP contribution in [0.1, 0.15) is 58.1 Å². The van der Waals surface area contributed by atoms with Gasteiger partial charge in [-0.25, -0.2) is 9.97 Å². The van der Waals surface area contributed by atoms with Crippen molar-refractivity contribution in [1.29, 1.82) is 0 Å². The number of nitrogens with two attached hydrogens (primary N) is 1. The molecule has 0 radical (unpaired) electrons. The third-order valence-electron chi connectivity index (χ3n) is 6.81. The molecule has 0 saturated carbocycles. The molecule has 6 nitrogen and oxygen atoms in total. The first-order chi connectivity index (χ1) is 18.9. The highest BCUT2D eigenvalue weighted by molar-refractivity contribution is 5.77. The van der Waals surface area contributed by atoms with Gasteiger partial charge in [0.25, 0.3) is 0 Å². The number of carbonyl (C=O) groups excluding carboxylic acids is 1. The molecule has 0 spiro atoms. The molecule has 1 saturated heterocycles. The Balaban J connectivity index is 1.63. The first-order valence-electron chi connectivity index (χ1n) is 12.8. The number of primary amides is 1. The van der Waals surface area contributed by atoms with E-state index in [0.717, 1.165) is 25.9 Å². The fourth-order valence-corrected chi connectivity index (χ4v) is 4.90. The second-order valence-corrected chi connectivity index (χ2v) is 9.67. The number of nitrogens with one attached hydrogen (secondary N) is 1. The molecule has 1 amide bonds. The number of aryl methyl sites for hydroxylation is 2. The van der Waals surface area contributed by atoms with Crippen LogP contribution >= 0.6 is 0 Å². The molecule has 1 aromatic heterocycles. The molecule has 40 heavy (non-hydrogen) atoms. The van der Waals surface area contributed by atoms with Gasteiger partial charge in [-0.15, -0.1) is 13.2 Å². The second kappa shape index (κ2) is 12.2. The number of amides is 1. The van der Waals surface area contributed by atoms with Crippen LogP contribution < -0.4 is 15.8 Å². The summed E-state index contributed by atoms with van der Waals surface area (Å²) in [5.74, 6) is -1.00. The van der Waals surface area contributed by atoms with Gasteiger partial charge in [-0.2, -0.15) is 13.2 Å². The number of aromatic nitrogens is 2. The fraction of sp³-hybridized carbons (Fsp3) is 0.393. The molecule has 1 aliphatic heterocycles. The predicted molar refractivity (Wildman–Crippen MR) is 135 cm³/mol. The van der Waals surface area contributed by atoms with Crippen LogP contribution in [0.5, 0.6) is 5.75 Å². The number of hydrogen-bond acceptors (Lipinski definition) is 5. The van der Waals surface area contributed by atoms with E-state index in [1.807, 2.05) is 0 Å². The maximum atomic E-state index is 13.8. The number of benzene rings is 2. The van der Waals surface area contributed by atoms with Crippen molar-refractivity contribution in [2.24, 2.45) is 5.73 Å². The zero-order valence-corrected chi connectivity index (χ0v) is 21.4. The molecular weight excluding hydrogens is 538 g/mol. The zero-order chi connectivity index (χ0) is 28.9. The Bertz CT molecular complexity index is 1340. The topological polar surface area (TPSA) is 90.1 Å². The quantitative estimate of drug-likeness (QED) is 0.345. The van der Waals surface area contributed by atoms with Crippen molar-refractivity contribution < 1.29 is 35.9 Å². The van der Waals surface area contributed by atoms with Gasteiger partial charge >= 0.3 is 12.5 Å². The van der Waals surface area contributed by atoms with E-state index in [-0.39, 0.29) is 48.7 Å². The lowest BCUT2D eigenvalue weighted by Crippen LogP contribution is -2.26. The van der Waals surface area contributed by atoms with E-state index < -0.39 is 29.8 Å². The van der Waals surface area contributed by atoms with Crippen LogP contribution in [0.2, 0.25) is 0 Å². The number of piperidine rings is 1. The smallest absolute Gasteiger partial charge is 0.405 e. The van der Waals surface area contributed by atoms with E-state index in [2.05, 4.69) is 20.0 Å². The van der Waals surface area contributed by atoms with Gasteiger partial charge in [-0.3, -0.25) is 4.79 Å². The number of ether oxygens (including phenoxy) is 1. The molecule has 2 aromatic carbocycles. The lowest BCUT2D eigenvalue weighted by molar-refractivity contribution is -0.274. The summed E-state index contributed by atoms with van der Waals surface area (Å²) in [5, 5.41) is 3.21. The van der Waals surface area contributed by atoms with Crippen molar-refractivity contribution in [2.75, 3.05) is 13.1 Å². The lowest BCUT2D eigenvalue weighted by atomic mass is 9.89. The van der Waals surface area contributed by atoms with E-state index in [4.69, 9.17) is 5.73 Å². The van der Waals surface area contributed by atoms with E-state index in [9.17, 15) is 31.1 Å². The van der Waals surface area contributed by atoms with Gasteiger partial charge in [0.15, 0.2) is 0 Å². The SMILES string of the molecule is NC(=O)Cc1ccccc1CCc1nc(Cc2ccc(C3CCNCC3)cc2OC(F)(F)F)ncc1C(F)(F)F. The average molecular weight is 567 g/mol. The van der Waals surface area contributed by atoms with E-state index in [0.29, 0.717) is 22.9 Å². The molecule has 3 aromatic rings. The highest BCUT2D eigenvalue weighted by Gasteiger charge is 2.35. The maximum absolute atomic E-state index is 13.8. The molecule has 1 fully saturated rings. The van der Waals surface area contributed by atoms with E-state index in [1.54, 1.807) is 30.3 Å². The molecule has 1 aliphatic rings. The van der Waals surface area contributed by atoms with Gasteiger partial charge in [0.2, 0.25) is 5.91 Å². The van der Waals surface area contributed by atoms with Crippen molar-refractivity contribution in [1.82, 2.24) is 15.3 Å². The molecule has 4 rings (SSSR count). The number of halogens is 6. The summed E-state index contributed by atoms with van der Waals surface area (Å²) >= 11 is 0. The summed E-state index contributed by atoms with van der Waals surface area (Å²) in [6.45, 7) is 1.49. The van der Waals surface area contributed by atoms with Crippen LogP contribution in [0.15, 0.2) is 48.7 Å². The van der Waals surface area contributed by atoms with E-state index >= 15 is 0 Å². The Hall–Kier alpha value is -3.67. The van der Waals surface area contributed by atoms with Crippen LogP contribution in [0.25, 0.3) is 0 Å². The van der Waals surface area contributed by atoms with Crippen molar-refractivity contribution >= 4 is 5.91 Å². The Kier molecular flexibility index (Phi) is 8.97. The zero-order valence-electron chi connectivity index (χ0n) is 21.4. The molecular formula is C28H28F6N4O2. The molecule has 214 valence electrons. The summed E-state index contributed by atoms with van der Waals surface area (Å²) in [4.78, 5) is 19.3. The van der Waals surface area contributed by atoms with Crippen LogP contribution in [0, 0.1) is 0 Å². The summed E-state index contributed by atoms with van der Waals surface area (Å²) in [6.07, 6.45) is -7.84. The summed E-state index contributed by atoms with van der Waals surface area (Å²) in [5.41, 5.74) is 6.01. The van der Waals surface area contributed by atoms with Crippen molar-refractivity contribution in [3.05, 3.63) is 88.0 Å². The second-order valence-electron chi connectivity index (χ2n) is 9.67. The first kappa shape index (κ1) is 29.3. The maximum Gasteiger partial charge on any atom is 0.573 e. The molecule has 0 bridgehead atoms. The number of rotatable bonds is 9. The third-order valence-corrected chi connectivity index (χ3v) is 6.81. The number of alkyl halides is 6. The molecule has 0 atom stereocenters. The predicted octanol–water partition coefficient (Wildman–Crippen LogP) is 5.26. The van der Waals surface area contributed by atoms with Gasteiger partial charge in [-0.05, 0) is 67.4 Å². The van der Waals surface area contributed by atoms with Crippen LogP contribution in [0.4, 0.5) is 26.3 Å². The van der Waals surface area contributed by atoms with Gasteiger partial charge in [0.1, 0.15) is 11.6 Å². The Morgan fingerprint density at radius 2 is 1.68 bits per heavy atom. The minimum Gasteiger partial charge on any atom is -0.405 e. The molecule has 0 aliphatic carbocycles. The van der Waals surface area contributed by atoms with Gasteiger partial charge in [0.05, 0.1) is 17.7 Å². The molecule has 12 heteroatoms. The summed E-state index contributed by atoms with van der Waals surface area (Å²) < 4.78 is 85.3. The van der Waals surface area contributed by atoms with Crippen molar-refractivity contribution in [2.45, 2.75) is 57.0 Å². The Morgan fingerprint density at radius 1 is 0.975 bits per heavy atom. The molecule has 3 N–H and O–H groups in total. The van der Waals surface area contributed by atoms with Crippen LogP contribution in [-0.4, -0.2) is 35.3 Å². The van der Waals surface area contributed by atoms with Gasteiger partial charge < -0.3 is 15.8 Å².